The molecule has 0 aliphatic rings. The Hall–Kier alpha value is -2.56. The third-order valence-corrected chi connectivity index (χ3v) is 2.90. The summed E-state index contributed by atoms with van der Waals surface area (Å²) in [5.41, 5.74) is 1.20. The number of aromatic nitrogens is 1. The lowest BCUT2D eigenvalue weighted by atomic mass is 10.1. The molecule has 5 heteroatoms. The molecule has 0 saturated carbocycles. The van der Waals surface area contributed by atoms with Crippen molar-refractivity contribution < 1.29 is 14.0 Å². The van der Waals surface area contributed by atoms with Gasteiger partial charge in [-0.25, -0.2) is 9.37 Å². The summed E-state index contributed by atoms with van der Waals surface area (Å²) in [6, 6.07) is 10.6. The van der Waals surface area contributed by atoms with Gasteiger partial charge in [0.05, 0.1) is 0 Å². The highest BCUT2D eigenvalue weighted by molar-refractivity contribution is 5.99. The molecule has 0 unspecified atom stereocenters. The molecule has 21 heavy (non-hydrogen) atoms. The SMILES string of the molecule is Cc1cccc(NC(=O)CCC(=O)c2ccc(F)cc2)n1. The van der Waals surface area contributed by atoms with E-state index in [4.69, 9.17) is 0 Å². The fourth-order valence-corrected chi connectivity index (χ4v) is 1.83. The fraction of sp³-hybridized carbons (Fsp3) is 0.188. The number of Topliss-reactive ketones (excluding diaryl/α,β-unsaturated/α-hetero) is 1. The number of nitrogens with zero attached hydrogens (tertiary/aromatic N) is 1. The van der Waals surface area contributed by atoms with Crippen LogP contribution in [0.3, 0.4) is 0 Å². The monoisotopic (exact) mass is 286 g/mol. The Morgan fingerprint density at radius 2 is 1.81 bits per heavy atom. The van der Waals surface area contributed by atoms with Crippen molar-refractivity contribution in [1.82, 2.24) is 4.98 Å². The maximum Gasteiger partial charge on any atom is 0.225 e. The number of aryl methyl sites for hydroxylation is 1. The van der Waals surface area contributed by atoms with E-state index < -0.39 is 5.82 Å². The van der Waals surface area contributed by atoms with Gasteiger partial charge in [0, 0.05) is 24.1 Å². The molecular formula is C16H15FN2O2. The number of amides is 1. The molecule has 1 amide bonds. The van der Waals surface area contributed by atoms with Crippen molar-refractivity contribution in [3.63, 3.8) is 0 Å². The van der Waals surface area contributed by atoms with E-state index in [2.05, 4.69) is 10.3 Å². The lowest BCUT2D eigenvalue weighted by Crippen LogP contribution is -2.14. The van der Waals surface area contributed by atoms with Crippen molar-refractivity contribution in [1.29, 1.82) is 0 Å². The number of anilines is 1. The van der Waals surface area contributed by atoms with Gasteiger partial charge in [-0.15, -0.1) is 0 Å². The van der Waals surface area contributed by atoms with Crippen molar-refractivity contribution in [2.24, 2.45) is 0 Å². The van der Waals surface area contributed by atoms with Gasteiger partial charge >= 0.3 is 0 Å². The van der Waals surface area contributed by atoms with Gasteiger partial charge in [-0.2, -0.15) is 0 Å². The summed E-state index contributed by atoms with van der Waals surface area (Å²) in [7, 11) is 0. The predicted molar refractivity (Wildman–Crippen MR) is 77.6 cm³/mol. The number of carbonyl (C=O) groups excluding carboxylic acids is 2. The first-order valence-electron chi connectivity index (χ1n) is 6.57. The first kappa shape index (κ1) is 14.8. The topological polar surface area (TPSA) is 59.1 Å². The Morgan fingerprint density at radius 3 is 2.48 bits per heavy atom. The highest BCUT2D eigenvalue weighted by Gasteiger charge is 2.10. The summed E-state index contributed by atoms with van der Waals surface area (Å²) in [5.74, 6) is -0.394. The average molecular weight is 286 g/mol. The molecule has 1 aromatic heterocycles. The summed E-state index contributed by atoms with van der Waals surface area (Å²) < 4.78 is 12.8. The first-order chi connectivity index (χ1) is 10.0. The van der Waals surface area contributed by atoms with Crippen LogP contribution in [0.25, 0.3) is 0 Å². The van der Waals surface area contributed by atoms with Crippen LogP contribution >= 0.6 is 0 Å². The number of benzene rings is 1. The minimum atomic E-state index is -0.394. The summed E-state index contributed by atoms with van der Waals surface area (Å²) >= 11 is 0. The Balaban J connectivity index is 1.86. The molecule has 0 atom stereocenters. The molecule has 0 aliphatic carbocycles. The van der Waals surface area contributed by atoms with Crippen LogP contribution in [0.1, 0.15) is 28.9 Å². The van der Waals surface area contributed by atoms with Crippen LogP contribution in [0, 0.1) is 12.7 Å². The standard InChI is InChI=1S/C16H15FN2O2/c1-11-3-2-4-15(18-11)19-16(21)10-9-14(20)12-5-7-13(17)8-6-12/h2-8H,9-10H2,1H3,(H,18,19,21). The van der Waals surface area contributed by atoms with E-state index in [0.717, 1.165) is 5.69 Å². The van der Waals surface area contributed by atoms with E-state index >= 15 is 0 Å². The molecule has 0 bridgehead atoms. The second-order valence-electron chi connectivity index (χ2n) is 4.64. The molecule has 2 rings (SSSR count). The number of hydrogen-bond acceptors (Lipinski definition) is 3. The first-order valence-corrected chi connectivity index (χ1v) is 6.57. The Bertz CT molecular complexity index is 654. The molecule has 0 saturated heterocycles. The van der Waals surface area contributed by atoms with Crippen molar-refractivity contribution >= 4 is 17.5 Å². The quantitative estimate of drug-likeness (QED) is 0.859. The van der Waals surface area contributed by atoms with Crippen LogP contribution in [-0.4, -0.2) is 16.7 Å². The molecule has 0 radical (unpaired) electrons. The van der Waals surface area contributed by atoms with Gasteiger partial charge in [0.15, 0.2) is 5.78 Å². The van der Waals surface area contributed by atoms with Crippen LogP contribution in [0.5, 0.6) is 0 Å². The summed E-state index contributed by atoms with van der Waals surface area (Å²) in [6.07, 6.45) is 0.134. The van der Waals surface area contributed by atoms with Crippen molar-refractivity contribution in [3.05, 3.63) is 59.5 Å². The predicted octanol–water partition coefficient (Wildman–Crippen LogP) is 3.13. The third-order valence-electron chi connectivity index (χ3n) is 2.90. The van der Waals surface area contributed by atoms with Crippen LogP contribution in [0.4, 0.5) is 10.2 Å². The van der Waals surface area contributed by atoms with Gasteiger partial charge < -0.3 is 5.32 Å². The fourth-order valence-electron chi connectivity index (χ4n) is 1.83. The molecule has 1 N–H and O–H groups in total. The number of pyridine rings is 1. The van der Waals surface area contributed by atoms with Crippen molar-refractivity contribution in [2.75, 3.05) is 5.32 Å². The molecule has 4 nitrogen and oxygen atoms in total. The molecule has 1 aromatic carbocycles. The van der Waals surface area contributed by atoms with Gasteiger partial charge in [0.25, 0.3) is 0 Å². The van der Waals surface area contributed by atoms with Crippen LogP contribution in [0.2, 0.25) is 0 Å². The van der Waals surface area contributed by atoms with Crippen LogP contribution in [0.15, 0.2) is 42.5 Å². The summed E-state index contributed by atoms with van der Waals surface area (Å²) in [5, 5.41) is 2.64. The van der Waals surface area contributed by atoms with E-state index in [-0.39, 0.29) is 24.5 Å². The molecule has 0 spiro atoms. The Morgan fingerprint density at radius 1 is 1.10 bits per heavy atom. The van der Waals surface area contributed by atoms with Crippen LogP contribution in [-0.2, 0) is 4.79 Å². The van der Waals surface area contributed by atoms with Crippen molar-refractivity contribution in [3.8, 4) is 0 Å². The van der Waals surface area contributed by atoms with Gasteiger partial charge in [0.1, 0.15) is 11.6 Å². The van der Waals surface area contributed by atoms with Crippen LogP contribution < -0.4 is 5.32 Å². The number of rotatable bonds is 5. The van der Waals surface area contributed by atoms with E-state index in [1.54, 1.807) is 12.1 Å². The molecular weight excluding hydrogens is 271 g/mol. The number of ketones is 1. The van der Waals surface area contributed by atoms with E-state index in [1.165, 1.54) is 24.3 Å². The average Bonchev–Trinajstić information content (AvgIpc) is 2.45. The smallest absolute Gasteiger partial charge is 0.225 e. The third kappa shape index (κ3) is 4.49. The van der Waals surface area contributed by atoms with Gasteiger partial charge in [0.2, 0.25) is 5.91 Å². The molecule has 108 valence electrons. The number of nitrogens with one attached hydrogen (secondary N) is 1. The summed E-state index contributed by atoms with van der Waals surface area (Å²) in [4.78, 5) is 27.7. The minimum absolute atomic E-state index is 0.0613. The largest absolute Gasteiger partial charge is 0.311 e. The maximum atomic E-state index is 12.8. The second kappa shape index (κ2) is 6.74. The normalized spacial score (nSPS) is 10.2. The Kier molecular flexibility index (Phi) is 4.77. The van der Waals surface area contributed by atoms with Gasteiger partial charge in [-0.3, -0.25) is 9.59 Å². The lowest BCUT2D eigenvalue weighted by molar-refractivity contribution is -0.116. The van der Waals surface area contributed by atoms with Gasteiger partial charge in [-0.1, -0.05) is 6.07 Å². The molecule has 1 heterocycles. The second-order valence-corrected chi connectivity index (χ2v) is 4.64. The Labute approximate surface area is 122 Å². The molecule has 0 aliphatic heterocycles. The highest BCUT2D eigenvalue weighted by atomic mass is 19.1. The lowest BCUT2D eigenvalue weighted by Gasteiger charge is -2.05. The minimum Gasteiger partial charge on any atom is -0.311 e. The number of halogens is 1. The summed E-state index contributed by atoms with van der Waals surface area (Å²) in [6.45, 7) is 1.83. The zero-order chi connectivity index (χ0) is 15.2. The zero-order valence-corrected chi connectivity index (χ0v) is 11.6. The van der Waals surface area contributed by atoms with Gasteiger partial charge in [-0.05, 0) is 43.3 Å². The maximum absolute atomic E-state index is 12.8. The number of carbonyl (C=O) groups is 2. The van der Waals surface area contributed by atoms with Crippen molar-refractivity contribution in [2.45, 2.75) is 19.8 Å². The van der Waals surface area contributed by atoms with E-state index in [1.807, 2.05) is 13.0 Å². The molecule has 0 fully saturated rings. The van der Waals surface area contributed by atoms with E-state index in [0.29, 0.717) is 11.4 Å². The van der Waals surface area contributed by atoms with E-state index in [9.17, 15) is 14.0 Å². The zero-order valence-electron chi connectivity index (χ0n) is 11.6. The highest BCUT2D eigenvalue weighted by Crippen LogP contribution is 2.09. The molecule has 2 aromatic rings. The number of hydrogen-bond donors (Lipinski definition) is 1.